The summed E-state index contributed by atoms with van der Waals surface area (Å²) >= 11 is 0. The number of aryl methyl sites for hydroxylation is 1. The van der Waals surface area contributed by atoms with Gasteiger partial charge in [-0.3, -0.25) is 4.79 Å². The maximum atomic E-state index is 12.7. The lowest BCUT2D eigenvalue weighted by atomic mass is 10.1. The first-order valence-corrected chi connectivity index (χ1v) is 11.5. The number of nitrogens with one attached hydrogen (secondary N) is 1. The minimum Gasteiger partial charge on any atom is -0.462 e. The van der Waals surface area contributed by atoms with Crippen molar-refractivity contribution in [3.63, 3.8) is 0 Å². The van der Waals surface area contributed by atoms with Gasteiger partial charge < -0.3 is 19.5 Å². The Morgan fingerprint density at radius 1 is 1.06 bits per heavy atom. The Morgan fingerprint density at radius 3 is 2.60 bits per heavy atom. The highest BCUT2D eigenvalue weighted by Crippen LogP contribution is 2.36. The number of amides is 1. The number of hydrogen-bond donors (Lipinski definition) is 1. The lowest BCUT2D eigenvalue weighted by molar-refractivity contribution is 0.102. The second-order valence-corrected chi connectivity index (χ2v) is 8.72. The van der Waals surface area contributed by atoms with Gasteiger partial charge in [-0.05, 0) is 66.9 Å². The largest absolute Gasteiger partial charge is 0.462 e. The second-order valence-electron chi connectivity index (χ2n) is 8.72. The summed E-state index contributed by atoms with van der Waals surface area (Å²) in [6, 6.07) is 20.9. The Labute approximate surface area is 203 Å². The summed E-state index contributed by atoms with van der Waals surface area (Å²) in [5, 5.41) is 7.55. The molecule has 0 atom stereocenters. The average molecular weight is 471 g/mol. The minimum atomic E-state index is -0.151. The SMILES string of the molecule is Cc1ccccc1C(=O)Nc1ccc(-n2nc(OCC(C)C)nc2-c2ccc3c(c2)OCO3)cc1. The molecular formula is C27H26N4O4. The minimum absolute atomic E-state index is 0.151. The number of ether oxygens (including phenoxy) is 3. The van der Waals surface area contributed by atoms with Crippen LogP contribution in [0.4, 0.5) is 5.69 Å². The van der Waals surface area contributed by atoms with E-state index >= 15 is 0 Å². The Balaban J connectivity index is 1.44. The van der Waals surface area contributed by atoms with E-state index in [1.165, 1.54) is 0 Å². The van der Waals surface area contributed by atoms with Gasteiger partial charge in [-0.2, -0.15) is 4.98 Å². The molecule has 5 rings (SSSR count). The third kappa shape index (κ3) is 4.82. The molecule has 0 radical (unpaired) electrons. The van der Waals surface area contributed by atoms with Crippen LogP contribution in [0.2, 0.25) is 0 Å². The summed E-state index contributed by atoms with van der Waals surface area (Å²) in [6.07, 6.45) is 0. The Kier molecular flexibility index (Phi) is 6.10. The van der Waals surface area contributed by atoms with Crippen LogP contribution in [0.5, 0.6) is 17.5 Å². The van der Waals surface area contributed by atoms with E-state index in [1.807, 2.05) is 73.7 Å². The van der Waals surface area contributed by atoms with Crippen LogP contribution in [0.1, 0.15) is 29.8 Å². The first kappa shape index (κ1) is 22.5. The Hall–Kier alpha value is -4.33. The zero-order valence-corrected chi connectivity index (χ0v) is 19.8. The highest BCUT2D eigenvalue weighted by molar-refractivity contribution is 6.05. The van der Waals surface area contributed by atoms with Crippen LogP contribution < -0.4 is 19.5 Å². The van der Waals surface area contributed by atoms with Crippen LogP contribution in [0.15, 0.2) is 66.7 Å². The molecule has 3 aromatic carbocycles. The van der Waals surface area contributed by atoms with E-state index < -0.39 is 0 Å². The molecule has 0 unspecified atom stereocenters. The smallest absolute Gasteiger partial charge is 0.336 e. The summed E-state index contributed by atoms with van der Waals surface area (Å²) in [6.45, 7) is 6.76. The van der Waals surface area contributed by atoms with Crippen molar-refractivity contribution in [1.82, 2.24) is 14.8 Å². The number of rotatable bonds is 7. The van der Waals surface area contributed by atoms with Gasteiger partial charge in [-0.25, -0.2) is 4.68 Å². The lowest BCUT2D eigenvalue weighted by Gasteiger charge is -2.10. The van der Waals surface area contributed by atoms with Crippen molar-refractivity contribution in [2.75, 3.05) is 18.7 Å². The summed E-state index contributed by atoms with van der Waals surface area (Å²) in [4.78, 5) is 17.3. The number of benzene rings is 3. The second kappa shape index (κ2) is 9.50. The molecule has 1 aromatic heterocycles. The number of hydrogen-bond acceptors (Lipinski definition) is 6. The van der Waals surface area contributed by atoms with Gasteiger partial charge in [0.05, 0.1) is 12.3 Å². The van der Waals surface area contributed by atoms with Crippen LogP contribution in [0, 0.1) is 12.8 Å². The first-order valence-electron chi connectivity index (χ1n) is 11.5. The molecule has 0 bridgehead atoms. The number of carbonyl (C=O) groups is 1. The molecule has 0 saturated carbocycles. The van der Waals surface area contributed by atoms with E-state index in [-0.39, 0.29) is 12.7 Å². The zero-order valence-electron chi connectivity index (χ0n) is 19.8. The van der Waals surface area contributed by atoms with Crippen LogP contribution in [-0.2, 0) is 0 Å². The van der Waals surface area contributed by atoms with Gasteiger partial charge in [0.15, 0.2) is 17.3 Å². The van der Waals surface area contributed by atoms with Crippen molar-refractivity contribution < 1.29 is 19.0 Å². The van der Waals surface area contributed by atoms with E-state index in [0.717, 1.165) is 16.8 Å². The molecule has 0 aliphatic carbocycles. The fourth-order valence-electron chi connectivity index (χ4n) is 3.71. The van der Waals surface area contributed by atoms with Gasteiger partial charge >= 0.3 is 6.01 Å². The highest BCUT2D eigenvalue weighted by Gasteiger charge is 2.20. The fraction of sp³-hybridized carbons (Fsp3) is 0.222. The van der Waals surface area contributed by atoms with Gasteiger partial charge in [0.1, 0.15) is 0 Å². The van der Waals surface area contributed by atoms with Crippen molar-refractivity contribution in [2.24, 2.45) is 5.92 Å². The zero-order chi connectivity index (χ0) is 24.4. The standard InChI is InChI=1S/C27H26N4O4/c1-17(2)15-33-27-29-25(19-8-13-23-24(14-19)35-16-34-23)31(30-27)21-11-9-20(10-12-21)28-26(32)22-7-5-4-6-18(22)3/h4-14,17H,15-16H2,1-3H3,(H,28,32). The molecule has 0 spiro atoms. The topological polar surface area (TPSA) is 87.5 Å². The predicted octanol–water partition coefficient (Wildman–Crippen LogP) is 5.26. The Bertz CT molecular complexity index is 1360. The highest BCUT2D eigenvalue weighted by atomic mass is 16.7. The number of anilines is 1. The maximum Gasteiger partial charge on any atom is 0.336 e. The number of fused-ring (bicyclic) bond motifs is 1. The molecular weight excluding hydrogens is 444 g/mol. The summed E-state index contributed by atoms with van der Waals surface area (Å²) in [7, 11) is 0. The van der Waals surface area contributed by atoms with E-state index in [1.54, 1.807) is 4.68 Å². The van der Waals surface area contributed by atoms with Crippen molar-refractivity contribution in [1.29, 1.82) is 0 Å². The number of aromatic nitrogens is 3. The van der Waals surface area contributed by atoms with E-state index in [0.29, 0.717) is 47.1 Å². The quantitative estimate of drug-likeness (QED) is 0.397. The fourth-order valence-corrected chi connectivity index (χ4v) is 3.71. The molecule has 0 saturated heterocycles. The molecule has 4 aromatic rings. The van der Waals surface area contributed by atoms with Crippen LogP contribution >= 0.6 is 0 Å². The van der Waals surface area contributed by atoms with Gasteiger partial charge in [-0.1, -0.05) is 32.0 Å². The maximum absolute atomic E-state index is 12.7. The third-order valence-corrected chi connectivity index (χ3v) is 5.52. The summed E-state index contributed by atoms with van der Waals surface area (Å²) in [5.74, 6) is 2.16. The third-order valence-electron chi connectivity index (χ3n) is 5.52. The van der Waals surface area contributed by atoms with Gasteiger partial charge in [0.25, 0.3) is 5.91 Å². The van der Waals surface area contributed by atoms with Crippen molar-refractivity contribution >= 4 is 11.6 Å². The molecule has 0 fully saturated rings. The molecule has 1 aliphatic heterocycles. The number of carbonyl (C=O) groups excluding carboxylic acids is 1. The molecule has 1 amide bonds. The summed E-state index contributed by atoms with van der Waals surface area (Å²) < 4.78 is 18.5. The molecule has 2 heterocycles. The molecule has 8 nitrogen and oxygen atoms in total. The van der Waals surface area contributed by atoms with Crippen LogP contribution in [0.3, 0.4) is 0 Å². The average Bonchev–Trinajstić information content (AvgIpc) is 3.50. The molecule has 178 valence electrons. The van der Waals surface area contributed by atoms with Gasteiger partial charge in [0.2, 0.25) is 6.79 Å². The van der Waals surface area contributed by atoms with Gasteiger partial charge in [0, 0.05) is 16.8 Å². The normalized spacial score (nSPS) is 12.1. The predicted molar refractivity (Wildman–Crippen MR) is 132 cm³/mol. The molecule has 1 aliphatic rings. The van der Waals surface area contributed by atoms with E-state index in [2.05, 4.69) is 29.2 Å². The van der Waals surface area contributed by atoms with Crippen molar-refractivity contribution in [3.8, 4) is 34.6 Å². The monoisotopic (exact) mass is 470 g/mol. The summed E-state index contributed by atoms with van der Waals surface area (Å²) in [5.41, 5.74) is 3.84. The number of nitrogens with zero attached hydrogens (tertiary/aromatic N) is 3. The lowest BCUT2D eigenvalue weighted by Crippen LogP contribution is -2.13. The van der Waals surface area contributed by atoms with Gasteiger partial charge in [-0.15, -0.1) is 5.10 Å². The molecule has 8 heteroatoms. The van der Waals surface area contributed by atoms with E-state index in [4.69, 9.17) is 14.2 Å². The van der Waals surface area contributed by atoms with Crippen molar-refractivity contribution in [3.05, 3.63) is 77.9 Å². The van der Waals surface area contributed by atoms with E-state index in [9.17, 15) is 4.79 Å². The first-order chi connectivity index (χ1) is 17.0. The van der Waals surface area contributed by atoms with Crippen LogP contribution in [-0.4, -0.2) is 34.1 Å². The molecule has 35 heavy (non-hydrogen) atoms. The van der Waals surface area contributed by atoms with Crippen molar-refractivity contribution in [2.45, 2.75) is 20.8 Å². The Morgan fingerprint density at radius 2 is 1.83 bits per heavy atom. The molecule has 1 N–H and O–H groups in total. The van der Waals surface area contributed by atoms with Crippen LogP contribution in [0.25, 0.3) is 17.1 Å².